The van der Waals surface area contributed by atoms with Crippen LogP contribution in [0.15, 0.2) is 54.6 Å². The fraction of sp³-hybridized carbons (Fsp3) is 0.222. The third-order valence-electron chi connectivity index (χ3n) is 3.26. The highest BCUT2D eigenvalue weighted by atomic mass is 16.6. The van der Waals surface area contributed by atoms with Gasteiger partial charge in [0, 0.05) is 12.1 Å². The van der Waals surface area contributed by atoms with E-state index in [1.54, 1.807) is 31.2 Å². The van der Waals surface area contributed by atoms with Crippen LogP contribution in [0.25, 0.3) is 0 Å². The van der Waals surface area contributed by atoms with Crippen molar-refractivity contribution in [2.45, 2.75) is 19.6 Å². The summed E-state index contributed by atoms with van der Waals surface area (Å²) < 4.78 is 10.0. The highest BCUT2D eigenvalue weighted by molar-refractivity contribution is 5.94. The number of carbonyl (C=O) groups excluding carboxylic acids is 2. The van der Waals surface area contributed by atoms with E-state index < -0.39 is 12.1 Å². The number of methoxy groups -OCH3 is 1. The molecule has 2 rings (SSSR count). The molecule has 0 aliphatic heterocycles. The fourth-order valence-corrected chi connectivity index (χ4v) is 1.98. The SMILES string of the molecule is COC(=O)[C@H](C)Oc1ccc(C(=O)NCc2ccccc2)cc1. The van der Waals surface area contributed by atoms with Crippen LogP contribution in [0.4, 0.5) is 0 Å². The molecule has 5 heteroatoms. The van der Waals surface area contributed by atoms with Crippen molar-refractivity contribution in [3.8, 4) is 5.75 Å². The lowest BCUT2D eigenvalue weighted by atomic mass is 10.2. The molecule has 0 fully saturated rings. The van der Waals surface area contributed by atoms with Crippen molar-refractivity contribution in [3.05, 3.63) is 65.7 Å². The van der Waals surface area contributed by atoms with Crippen LogP contribution < -0.4 is 10.1 Å². The molecule has 23 heavy (non-hydrogen) atoms. The fourth-order valence-electron chi connectivity index (χ4n) is 1.98. The van der Waals surface area contributed by atoms with Crippen molar-refractivity contribution in [2.24, 2.45) is 0 Å². The van der Waals surface area contributed by atoms with E-state index in [-0.39, 0.29) is 5.91 Å². The highest BCUT2D eigenvalue weighted by Crippen LogP contribution is 2.14. The molecule has 0 aromatic heterocycles. The summed E-state index contributed by atoms with van der Waals surface area (Å²) in [5.41, 5.74) is 1.56. The molecule has 0 bridgehead atoms. The Kier molecular flexibility index (Phi) is 5.74. The second-order valence-corrected chi connectivity index (χ2v) is 4.98. The van der Waals surface area contributed by atoms with Gasteiger partial charge < -0.3 is 14.8 Å². The molecule has 0 unspecified atom stereocenters. The van der Waals surface area contributed by atoms with Crippen LogP contribution in [0.5, 0.6) is 5.75 Å². The van der Waals surface area contributed by atoms with Gasteiger partial charge in [-0.1, -0.05) is 30.3 Å². The van der Waals surface area contributed by atoms with Crippen LogP contribution in [0.1, 0.15) is 22.8 Å². The number of amides is 1. The minimum atomic E-state index is -0.697. The molecular formula is C18H19NO4. The van der Waals surface area contributed by atoms with Gasteiger partial charge in [-0.25, -0.2) is 4.79 Å². The zero-order valence-electron chi connectivity index (χ0n) is 13.1. The van der Waals surface area contributed by atoms with Gasteiger partial charge in [0.2, 0.25) is 0 Å². The number of nitrogens with one attached hydrogen (secondary N) is 1. The summed E-state index contributed by atoms with van der Waals surface area (Å²) in [6.07, 6.45) is -0.697. The van der Waals surface area contributed by atoms with Crippen LogP contribution in [0, 0.1) is 0 Å². The Morgan fingerprint density at radius 1 is 1.04 bits per heavy atom. The minimum Gasteiger partial charge on any atom is -0.479 e. The van der Waals surface area contributed by atoms with Crippen LogP contribution in [0.3, 0.4) is 0 Å². The Morgan fingerprint density at radius 3 is 2.30 bits per heavy atom. The van der Waals surface area contributed by atoms with Crippen molar-refractivity contribution >= 4 is 11.9 Å². The van der Waals surface area contributed by atoms with E-state index >= 15 is 0 Å². The van der Waals surface area contributed by atoms with Gasteiger partial charge in [0.05, 0.1) is 7.11 Å². The van der Waals surface area contributed by atoms with Crippen LogP contribution in [-0.2, 0) is 16.1 Å². The quantitative estimate of drug-likeness (QED) is 0.833. The van der Waals surface area contributed by atoms with E-state index in [0.29, 0.717) is 17.9 Å². The van der Waals surface area contributed by atoms with Crippen molar-refractivity contribution in [2.75, 3.05) is 7.11 Å². The molecule has 1 amide bonds. The van der Waals surface area contributed by atoms with Crippen molar-refractivity contribution < 1.29 is 19.1 Å². The van der Waals surface area contributed by atoms with E-state index in [1.165, 1.54) is 7.11 Å². The number of ether oxygens (including phenoxy) is 2. The van der Waals surface area contributed by atoms with Gasteiger partial charge in [-0.2, -0.15) is 0 Å². The predicted octanol–water partition coefficient (Wildman–Crippen LogP) is 2.56. The first-order valence-corrected chi connectivity index (χ1v) is 7.27. The van der Waals surface area contributed by atoms with Gasteiger partial charge in [0.15, 0.2) is 6.10 Å². The third-order valence-corrected chi connectivity index (χ3v) is 3.26. The molecule has 0 radical (unpaired) electrons. The van der Waals surface area contributed by atoms with Crippen LogP contribution in [0.2, 0.25) is 0 Å². The maximum absolute atomic E-state index is 12.1. The molecule has 1 atom stereocenters. The average molecular weight is 313 g/mol. The summed E-state index contributed by atoms with van der Waals surface area (Å²) in [7, 11) is 1.31. The van der Waals surface area contributed by atoms with Gasteiger partial charge in [-0.05, 0) is 36.8 Å². The Bertz CT molecular complexity index is 652. The average Bonchev–Trinajstić information content (AvgIpc) is 2.60. The van der Waals surface area contributed by atoms with Gasteiger partial charge >= 0.3 is 5.97 Å². The largest absolute Gasteiger partial charge is 0.479 e. The first kappa shape index (κ1) is 16.5. The van der Waals surface area contributed by atoms with E-state index in [4.69, 9.17) is 4.74 Å². The molecule has 0 saturated heterocycles. The van der Waals surface area contributed by atoms with Crippen molar-refractivity contribution in [1.82, 2.24) is 5.32 Å². The molecule has 120 valence electrons. The van der Waals surface area contributed by atoms with Crippen LogP contribution >= 0.6 is 0 Å². The van der Waals surface area contributed by atoms with Crippen molar-refractivity contribution in [3.63, 3.8) is 0 Å². The molecule has 2 aromatic rings. The summed E-state index contributed by atoms with van der Waals surface area (Å²) >= 11 is 0. The van der Waals surface area contributed by atoms with E-state index in [0.717, 1.165) is 5.56 Å². The lowest BCUT2D eigenvalue weighted by Gasteiger charge is -2.12. The van der Waals surface area contributed by atoms with Crippen LogP contribution in [-0.4, -0.2) is 25.1 Å². The van der Waals surface area contributed by atoms with Gasteiger partial charge in [0.1, 0.15) is 5.75 Å². The molecule has 1 N–H and O–H groups in total. The molecule has 5 nitrogen and oxygen atoms in total. The number of esters is 1. The monoisotopic (exact) mass is 313 g/mol. The molecule has 0 spiro atoms. The Labute approximate surface area is 135 Å². The summed E-state index contributed by atoms with van der Waals surface area (Å²) in [5, 5.41) is 2.85. The summed E-state index contributed by atoms with van der Waals surface area (Å²) in [5.74, 6) is -0.112. The molecule has 0 saturated carbocycles. The third kappa shape index (κ3) is 4.85. The topological polar surface area (TPSA) is 64.6 Å². The lowest BCUT2D eigenvalue weighted by Crippen LogP contribution is -2.25. The smallest absolute Gasteiger partial charge is 0.346 e. The first-order valence-electron chi connectivity index (χ1n) is 7.27. The summed E-state index contributed by atoms with van der Waals surface area (Å²) in [4.78, 5) is 23.4. The number of hydrogen-bond donors (Lipinski definition) is 1. The van der Waals surface area contributed by atoms with Gasteiger partial charge in [-0.15, -0.1) is 0 Å². The number of rotatable bonds is 6. The molecule has 0 heterocycles. The van der Waals surface area contributed by atoms with E-state index in [9.17, 15) is 9.59 Å². The second kappa shape index (κ2) is 7.98. The maximum Gasteiger partial charge on any atom is 0.346 e. The number of benzene rings is 2. The Morgan fingerprint density at radius 2 is 1.70 bits per heavy atom. The van der Waals surface area contributed by atoms with E-state index in [2.05, 4.69) is 10.1 Å². The molecule has 0 aliphatic carbocycles. The number of carbonyl (C=O) groups is 2. The summed E-state index contributed by atoms with van der Waals surface area (Å²) in [6, 6.07) is 16.3. The van der Waals surface area contributed by atoms with Gasteiger partial charge in [-0.3, -0.25) is 4.79 Å². The minimum absolute atomic E-state index is 0.165. The first-order chi connectivity index (χ1) is 11.1. The zero-order chi connectivity index (χ0) is 16.7. The van der Waals surface area contributed by atoms with Gasteiger partial charge in [0.25, 0.3) is 5.91 Å². The van der Waals surface area contributed by atoms with Crippen molar-refractivity contribution in [1.29, 1.82) is 0 Å². The Hall–Kier alpha value is -2.82. The zero-order valence-corrected chi connectivity index (χ0v) is 13.1. The second-order valence-electron chi connectivity index (χ2n) is 4.98. The maximum atomic E-state index is 12.1. The Balaban J connectivity index is 1.91. The standard InChI is InChI=1S/C18H19NO4/c1-13(18(21)22-2)23-16-10-8-15(9-11-16)17(20)19-12-14-6-4-3-5-7-14/h3-11,13H,12H2,1-2H3,(H,19,20)/t13-/m0/s1. The normalized spacial score (nSPS) is 11.4. The molecular weight excluding hydrogens is 294 g/mol. The number of hydrogen-bond acceptors (Lipinski definition) is 4. The highest BCUT2D eigenvalue weighted by Gasteiger charge is 2.15. The predicted molar refractivity (Wildman–Crippen MR) is 86.2 cm³/mol. The lowest BCUT2D eigenvalue weighted by molar-refractivity contribution is -0.147. The summed E-state index contributed by atoms with van der Waals surface area (Å²) in [6.45, 7) is 2.07. The van der Waals surface area contributed by atoms with E-state index in [1.807, 2.05) is 30.3 Å². The molecule has 2 aromatic carbocycles. The molecule has 0 aliphatic rings.